The molecule has 0 unspecified atom stereocenters. The number of hydrogen-bond acceptors (Lipinski definition) is 5. The van der Waals surface area contributed by atoms with E-state index in [2.05, 4.69) is 4.99 Å². The van der Waals surface area contributed by atoms with Crippen LogP contribution in [-0.4, -0.2) is 23.7 Å². The molecule has 1 aromatic rings. The van der Waals surface area contributed by atoms with Crippen LogP contribution in [0.25, 0.3) is 0 Å². The summed E-state index contributed by atoms with van der Waals surface area (Å²) >= 11 is 7.29. The number of halogens is 1. The number of hydrogen-bond donors (Lipinski definition) is 1. The first-order valence-electron chi connectivity index (χ1n) is 6.28. The third-order valence-corrected chi connectivity index (χ3v) is 4.65. The number of carbonyl (C=O) groups is 1. The first-order valence-corrected chi connectivity index (χ1v) is 7.47. The third kappa shape index (κ3) is 2.32. The molecule has 1 aliphatic heterocycles. The second kappa shape index (κ2) is 5.16. The van der Waals surface area contributed by atoms with Crippen molar-refractivity contribution in [3.63, 3.8) is 0 Å². The minimum atomic E-state index is -0.271. The van der Waals surface area contributed by atoms with Crippen molar-refractivity contribution in [3.05, 3.63) is 50.7 Å². The van der Waals surface area contributed by atoms with Crippen molar-refractivity contribution in [2.45, 2.75) is 13.3 Å². The van der Waals surface area contributed by atoms with Gasteiger partial charge >= 0.3 is 0 Å². The Labute approximate surface area is 130 Å². The summed E-state index contributed by atoms with van der Waals surface area (Å²) in [7, 11) is 1.55. The second-order valence-electron chi connectivity index (χ2n) is 4.72. The van der Waals surface area contributed by atoms with E-state index in [4.69, 9.17) is 16.3 Å². The maximum atomic E-state index is 12.7. The van der Waals surface area contributed by atoms with E-state index in [1.807, 2.05) is 6.92 Å². The molecule has 0 amide bonds. The number of aliphatic imine (C=N–C) groups is 1. The van der Waals surface area contributed by atoms with Crippen molar-refractivity contribution in [2.75, 3.05) is 7.11 Å². The molecule has 21 heavy (non-hydrogen) atoms. The fourth-order valence-electron chi connectivity index (χ4n) is 2.35. The Balaban J connectivity index is 2.11. The zero-order valence-electron chi connectivity index (χ0n) is 11.4. The van der Waals surface area contributed by atoms with E-state index in [0.717, 1.165) is 11.4 Å². The highest BCUT2D eigenvalue weighted by atomic mass is 35.5. The Morgan fingerprint density at radius 1 is 1.48 bits per heavy atom. The molecule has 0 atom stereocenters. The minimum Gasteiger partial charge on any atom is -0.506 e. The number of rotatable bonds is 3. The van der Waals surface area contributed by atoms with Gasteiger partial charge in [-0.15, -0.1) is 0 Å². The van der Waals surface area contributed by atoms with Crippen LogP contribution in [0.2, 0.25) is 0 Å². The molecule has 0 aromatic carbocycles. The van der Waals surface area contributed by atoms with Crippen LogP contribution in [-0.2, 0) is 0 Å². The van der Waals surface area contributed by atoms with Crippen LogP contribution >= 0.6 is 22.9 Å². The summed E-state index contributed by atoms with van der Waals surface area (Å²) < 4.78 is 5.10. The van der Waals surface area contributed by atoms with Crippen molar-refractivity contribution in [3.8, 4) is 5.06 Å². The highest BCUT2D eigenvalue weighted by molar-refractivity contribution is 7.16. The van der Waals surface area contributed by atoms with Crippen LogP contribution < -0.4 is 4.74 Å². The van der Waals surface area contributed by atoms with E-state index < -0.39 is 0 Å². The molecule has 1 N–H and O–H groups in total. The fraction of sp³-hybridized carbons (Fsp3) is 0.200. The monoisotopic (exact) mass is 321 g/mol. The van der Waals surface area contributed by atoms with Gasteiger partial charge in [-0.05, 0) is 25.1 Å². The van der Waals surface area contributed by atoms with Gasteiger partial charge in [-0.1, -0.05) is 22.9 Å². The molecule has 108 valence electrons. The molecule has 4 nitrogen and oxygen atoms in total. The first kappa shape index (κ1) is 14.1. The summed E-state index contributed by atoms with van der Waals surface area (Å²) in [5.74, 6) is -0.429. The molecule has 6 heteroatoms. The summed E-state index contributed by atoms with van der Waals surface area (Å²) in [6, 6.07) is 3.40. The van der Waals surface area contributed by atoms with Crippen molar-refractivity contribution in [1.82, 2.24) is 0 Å². The van der Waals surface area contributed by atoms with Crippen LogP contribution in [0.3, 0.4) is 0 Å². The van der Waals surface area contributed by atoms with E-state index in [1.54, 1.807) is 25.3 Å². The van der Waals surface area contributed by atoms with E-state index in [9.17, 15) is 9.90 Å². The predicted molar refractivity (Wildman–Crippen MR) is 83.5 cm³/mol. The zero-order valence-corrected chi connectivity index (χ0v) is 13.0. The lowest BCUT2D eigenvalue weighted by molar-refractivity contribution is 0.103. The molecular weight excluding hydrogens is 310 g/mol. The van der Waals surface area contributed by atoms with Gasteiger partial charge in [-0.2, -0.15) is 0 Å². The van der Waals surface area contributed by atoms with E-state index in [0.29, 0.717) is 21.9 Å². The Bertz CT molecular complexity index is 768. The third-order valence-electron chi connectivity index (χ3n) is 3.29. The summed E-state index contributed by atoms with van der Waals surface area (Å²) in [6.45, 7) is 1.85. The quantitative estimate of drug-likeness (QED) is 0.856. The largest absolute Gasteiger partial charge is 0.506 e. The van der Waals surface area contributed by atoms with Crippen LogP contribution in [0.5, 0.6) is 5.06 Å². The molecule has 0 bridgehead atoms. The van der Waals surface area contributed by atoms with Crippen LogP contribution in [0.1, 0.15) is 23.0 Å². The van der Waals surface area contributed by atoms with Crippen LogP contribution in [0.4, 0.5) is 0 Å². The number of carbonyl (C=O) groups excluding carboxylic acids is 1. The number of Topliss-reactive ketones (excluding diaryl/α,β-unsaturated/α-hetero) is 1. The van der Waals surface area contributed by atoms with Gasteiger partial charge in [0, 0.05) is 17.7 Å². The Morgan fingerprint density at radius 3 is 2.90 bits per heavy atom. The number of fused-ring (bicyclic) bond motifs is 1. The molecule has 2 aliphatic rings. The van der Waals surface area contributed by atoms with Crippen molar-refractivity contribution in [2.24, 2.45) is 4.99 Å². The average Bonchev–Trinajstić information content (AvgIpc) is 3.05. The van der Waals surface area contributed by atoms with E-state index >= 15 is 0 Å². The van der Waals surface area contributed by atoms with Gasteiger partial charge < -0.3 is 9.84 Å². The number of ketones is 1. The number of ether oxygens (including phenoxy) is 1. The second-order valence-corrected chi connectivity index (χ2v) is 6.22. The Kier molecular flexibility index (Phi) is 3.47. The SMILES string of the molecule is COc1ccc(C(=O)C2=C3C=C(C)N=C3CC(Cl)=C2O)s1. The van der Waals surface area contributed by atoms with Crippen molar-refractivity contribution in [1.29, 1.82) is 0 Å². The molecule has 2 heterocycles. The molecule has 0 radical (unpaired) electrons. The Morgan fingerprint density at radius 2 is 2.24 bits per heavy atom. The van der Waals surface area contributed by atoms with Gasteiger partial charge in [-0.3, -0.25) is 9.79 Å². The number of aliphatic hydroxyl groups excluding tert-OH is 1. The normalized spacial score (nSPS) is 17.7. The standard InChI is InChI=1S/C15H12ClNO3S/c1-7-5-8-10(17-7)6-9(16)14(18)13(8)15(19)11-3-4-12(20-2)21-11/h3-5,18H,6H2,1-2H3. The highest BCUT2D eigenvalue weighted by Gasteiger charge is 2.32. The van der Waals surface area contributed by atoms with Gasteiger partial charge in [0.2, 0.25) is 5.78 Å². The number of allylic oxidation sites excluding steroid dienone is 5. The van der Waals surface area contributed by atoms with Crippen LogP contribution in [0, 0.1) is 0 Å². The van der Waals surface area contributed by atoms with Crippen LogP contribution in [0.15, 0.2) is 50.8 Å². The van der Waals surface area contributed by atoms with Gasteiger partial charge in [0.05, 0.1) is 28.3 Å². The fourth-order valence-corrected chi connectivity index (χ4v) is 3.34. The summed E-state index contributed by atoms with van der Waals surface area (Å²) in [6.07, 6.45) is 2.15. The maximum absolute atomic E-state index is 12.7. The van der Waals surface area contributed by atoms with E-state index in [-0.39, 0.29) is 22.1 Å². The maximum Gasteiger partial charge on any atom is 0.207 e. The molecule has 0 saturated heterocycles. The zero-order chi connectivity index (χ0) is 15.1. The number of methoxy groups -OCH3 is 1. The summed E-state index contributed by atoms with van der Waals surface area (Å²) in [5.41, 5.74) is 2.40. The van der Waals surface area contributed by atoms with Crippen molar-refractivity contribution >= 4 is 34.4 Å². The van der Waals surface area contributed by atoms with E-state index in [1.165, 1.54) is 11.3 Å². The number of nitrogens with zero attached hydrogens (tertiary/aromatic N) is 1. The lowest BCUT2D eigenvalue weighted by Crippen LogP contribution is -2.17. The molecule has 0 saturated carbocycles. The van der Waals surface area contributed by atoms with Gasteiger partial charge in [0.15, 0.2) is 5.06 Å². The molecular formula is C15H12ClNO3S. The highest BCUT2D eigenvalue weighted by Crippen LogP contribution is 2.37. The Hall–Kier alpha value is -1.85. The molecule has 1 aliphatic carbocycles. The minimum absolute atomic E-state index is 0.158. The summed E-state index contributed by atoms with van der Waals surface area (Å²) in [5, 5.41) is 11.1. The average molecular weight is 322 g/mol. The molecule has 1 aromatic heterocycles. The summed E-state index contributed by atoms with van der Waals surface area (Å²) in [4.78, 5) is 17.5. The molecule has 0 spiro atoms. The first-order chi connectivity index (χ1) is 10.0. The number of aliphatic hydroxyl groups is 1. The number of thiophene rings is 1. The van der Waals surface area contributed by atoms with Gasteiger partial charge in [0.25, 0.3) is 0 Å². The molecule has 0 fully saturated rings. The van der Waals surface area contributed by atoms with Gasteiger partial charge in [-0.25, -0.2) is 0 Å². The smallest absolute Gasteiger partial charge is 0.207 e. The van der Waals surface area contributed by atoms with Crippen molar-refractivity contribution < 1.29 is 14.6 Å². The topological polar surface area (TPSA) is 58.9 Å². The predicted octanol–water partition coefficient (Wildman–Crippen LogP) is 4.01. The van der Waals surface area contributed by atoms with Gasteiger partial charge in [0.1, 0.15) is 5.76 Å². The lowest BCUT2D eigenvalue weighted by atomic mass is 9.91. The molecule has 3 rings (SSSR count). The lowest BCUT2D eigenvalue weighted by Gasteiger charge is -2.17.